The van der Waals surface area contributed by atoms with Crippen molar-refractivity contribution in [2.24, 2.45) is 20.5 Å². The molecule has 0 aromatic heterocycles. The van der Waals surface area contributed by atoms with E-state index in [1.807, 2.05) is 13.8 Å². The molecule has 0 aliphatic rings. The fourth-order valence-electron chi connectivity index (χ4n) is 7.16. The van der Waals surface area contributed by atoms with Gasteiger partial charge >= 0.3 is 37.7 Å². The normalized spacial score (nSPS) is 11.5. The van der Waals surface area contributed by atoms with Gasteiger partial charge in [-0.15, -0.1) is 5.11 Å². The van der Waals surface area contributed by atoms with Gasteiger partial charge in [0.05, 0.1) is 45.6 Å². The van der Waals surface area contributed by atoms with Gasteiger partial charge in [0.15, 0.2) is 5.75 Å². The summed E-state index contributed by atoms with van der Waals surface area (Å²) in [6, 6.07) is 34.5. The number of azo groups is 2. The molecule has 0 saturated carbocycles. The van der Waals surface area contributed by atoms with Crippen LogP contribution in [0.1, 0.15) is 45.7 Å². The van der Waals surface area contributed by atoms with Crippen LogP contribution in [0, 0.1) is 13.8 Å². The third-order valence-electron chi connectivity index (χ3n) is 11.0. The number of aromatic hydroxyl groups is 1. The minimum Gasteiger partial charge on any atom is -0.870 e. The van der Waals surface area contributed by atoms with E-state index in [2.05, 4.69) is 31.1 Å². The number of carbonyl (C=O) groups excluding carboxylic acids is 2. The van der Waals surface area contributed by atoms with E-state index in [1.54, 1.807) is 111 Å². The topological polar surface area (TPSA) is 281 Å². The van der Waals surface area contributed by atoms with E-state index < -0.39 is 53.3 Å². The number of amides is 2. The van der Waals surface area contributed by atoms with Crippen LogP contribution in [-0.4, -0.2) is 93.8 Å². The average molecular weight is 1120 g/mol. The second-order valence-electron chi connectivity index (χ2n) is 15.9. The predicted octanol–water partition coefficient (Wildman–Crippen LogP) is 12.3. The summed E-state index contributed by atoms with van der Waals surface area (Å²) in [5, 5.41) is 48.3. The molecule has 0 atom stereocenters. The third kappa shape index (κ3) is 14.0. The number of nitrogens with one attached hydrogen (secondary N) is 2. The molecule has 8 rings (SSSR count). The zero-order chi connectivity index (χ0) is 53.5. The number of hydrogen-bond donors (Lipinski definition) is 4. The number of benzene rings is 8. The molecule has 0 heterocycles. The van der Waals surface area contributed by atoms with Gasteiger partial charge < -0.3 is 34.9 Å². The Balaban J connectivity index is 0.000000241. The second-order valence-corrected chi connectivity index (χ2v) is 19.5. The molecule has 0 aliphatic carbocycles. The Hall–Kier alpha value is -6.72. The summed E-state index contributed by atoms with van der Waals surface area (Å²) in [7, 11) is -9.34. The molecule has 0 saturated heterocycles. The summed E-state index contributed by atoms with van der Waals surface area (Å²) >= 11 is 12.2. The number of phenolic OH excluding ortho intramolecular Hbond substituents is 1. The molecule has 380 valence electrons. The van der Waals surface area contributed by atoms with Gasteiger partial charge in [-0.2, -0.15) is 23.8 Å². The molecule has 8 aromatic carbocycles. The number of carbonyl (C=O) groups is 2. The molecule has 75 heavy (non-hydrogen) atoms. The predicted molar refractivity (Wildman–Crippen MR) is 284 cm³/mol. The number of hydrogen-bond acceptors (Lipinski definition) is 15. The van der Waals surface area contributed by atoms with Crippen molar-refractivity contribution in [1.29, 1.82) is 0 Å². The summed E-state index contributed by atoms with van der Waals surface area (Å²) in [6.07, 6.45) is 0. The largest absolute Gasteiger partial charge is 2.00 e. The van der Waals surface area contributed by atoms with Crippen molar-refractivity contribution in [2.75, 3.05) is 23.8 Å². The monoisotopic (exact) mass is 1120 g/mol. The molecule has 0 bridgehead atoms. The second kappa shape index (κ2) is 24.7. The van der Waals surface area contributed by atoms with Gasteiger partial charge in [0.25, 0.3) is 21.9 Å². The van der Waals surface area contributed by atoms with Gasteiger partial charge in [0.2, 0.25) is 0 Å². The van der Waals surface area contributed by atoms with Crippen LogP contribution < -0.4 is 25.2 Å². The van der Waals surface area contributed by atoms with Gasteiger partial charge in [-0.05, 0) is 135 Å². The maximum Gasteiger partial charge on any atom is 2.00 e. The summed E-state index contributed by atoms with van der Waals surface area (Å²) in [5.41, 5.74) is 1.47. The minimum absolute atomic E-state index is 0. The van der Waals surface area contributed by atoms with E-state index in [0.717, 1.165) is 24.3 Å². The van der Waals surface area contributed by atoms with E-state index in [9.17, 15) is 45.7 Å². The summed E-state index contributed by atoms with van der Waals surface area (Å²) in [4.78, 5) is 25.1. The number of nitrogens with zero attached hydrogens (tertiary/aromatic N) is 4. The fourth-order valence-corrected chi connectivity index (χ4v) is 8.76. The van der Waals surface area contributed by atoms with Crippen LogP contribution in [0.3, 0.4) is 0 Å². The summed E-state index contributed by atoms with van der Waals surface area (Å²) in [6.45, 7) is 7.91. The van der Waals surface area contributed by atoms with Crippen molar-refractivity contribution < 1.29 is 55.2 Å². The van der Waals surface area contributed by atoms with Crippen molar-refractivity contribution in [1.82, 2.24) is 0 Å². The van der Waals surface area contributed by atoms with E-state index in [4.69, 9.17) is 32.7 Å². The summed E-state index contributed by atoms with van der Waals surface area (Å²) < 4.78 is 77.9. The minimum atomic E-state index is -4.80. The molecule has 0 spiro atoms. The van der Waals surface area contributed by atoms with Gasteiger partial charge in [-0.3, -0.25) is 14.1 Å². The van der Waals surface area contributed by atoms with Gasteiger partial charge in [-0.25, -0.2) is 8.42 Å². The van der Waals surface area contributed by atoms with Crippen LogP contribution in [0.4, 0.5) is 34.1 Å². The average Bonchev–Trinajstić information content (AvgIpc) is 3.36. The van der Waals surface area contributed by atoms with Crippen LogP contribution in [0.2, 0.25) is 10.0 Å². The third-order valence-corrected chi connectivity index (χ3v) is 13.4. The number of phenols is 1. The van der Waals surface area contributed by atoms with Gasteiger partial charge in [0, 0.05) is 37.8 Å². The maximum absolute atomic E-state index is 13.3. The quantitative estimate of drug-likeness (QED) is 0.0449. The zero-order valence-corrected chi connectivity index (χ0v) is 45.5. The van der Waals surface area contributed by atoms with Crippen LogP contribution in [0.5, 0.6) is 23.0 Å². The van der Waals surface area contributed by atoms with Crippen LogP contribution in [0.15, 0.2) is 164 Å². The Kier molecular flexibility index (Phi) is 19.0. The molecule has 0 radical (unpaired) electrons. The molecule has 8 aromatic rings. The van der Waals surface area contributed by atoms with Crippen LogP contribution >= 0.6 is 23.2 Å². The standard InChI is InChI=1S/2C26H22ClN3O6S.Ca/c2*1-3-36-18-10-8-17(9-11-18)28-26(32)21-12-16-6-4-5-7-20(16)24(25(21)31)30-29-23-14-19(37(33,34)35)13-22(27)15(23)2;/h2*4-14,31H,3H2,1-2H3,(H,28,32)(H,33,34,35);/q;;+2/p-2. The Morgan fingerprint density at radius 3 is 1.48 bits per heavy atom. The molecule has 4 N–H and O–H groups in total. The number of ether oxygens (including phenoxy) is 2. The number of rotatable bonds is 14. The first kappa shape index (κ1) is 57.6. The molecule has 2 amide bonds. The molecular formula is C52H42CaCl2N6O12S2. The molecule has 18 nitrogen and oxygen atoms in total. The van der Waals surface area contributed by atoms with E-state index in [0.29, 0.717) is 68.8 Å². The van der Waals surface area contributed by atoms with Gasteiger partial charge in [0.1, 0.15) is 27.3 Å². The maximum atomic E-state index is 13.3. The first-order valence-corrected chi connectivity index (χ1v) is 25.7. The van der Waals surface area contributed by atoms with Gasteiger partial charge in [-0.1, -0.05) is 77.5 Å². The molecule has 0 unspecified atom stereocenters. The number of halogens is 2. The first-order chi connectivity index (χ1) is 35.2. The Labute approximate surface area is 470 Å². The number of fused-ring (bicyclic) bond motifs is 2. The molecule has 0 fully saturated rings. The number of anilines is 2. The van der Waals surface area contributed by atoms with Crippen molar-refractivity contribution in [3.05, 3.63) is 166 Å². The summed E-state index contributed by atoms with van der Waals surface area (Å²) in [5.74, 6) is -1.01. The van der Waals surface area contributed by atoms with Crippen LogP contribution in [-0.2, 0) is 20.2 Å². The smallest absolute Gasteiger partial charge is 0.870 e. The van der Waals surface area contributed by atoms with E-state index >= 15 is 0 Å². The SMILES string of the molecule is CCOc1ccc(NC(=O)c2cc3ccccc3c(N=Nc3cc(S(=O)(=O)O)cc(Cl)c3C)c2O)cc1.CCOc1ccc(NC(=O)c2cc3ccccc3c(N=Nc3cc(S(=O)(=O)[O-])cc(Cl)c3C)c2[O-])cc1.[Ca+2]. The van der Waals surface area contributed by atoms with Crippen molar-refractivity contribution in [3.63, 3.8) is 0 Å². The Morgan fingerprint density at radius 1 is 0.600 bits per heavy atom. The van der Waals surface area contributed by atoms with Crippen molar-refractivity contribution in [3.8, 4) is 23.0 Å². The Bertz CT molecular complexity index is 3530. The van der Waals surface area contributed by atoms with E-state index in [1.165, 1.54) is 12.1 Å². The fraction of sp³-hybridized carbons (Fsp3) is 0.115. The zero-order valence-electron chi connectivity index (χ0n) is 40.2. The Morgan fingerprint density at radius 2 is 1.01 bits per heavy atom. The van der Waals surface area contributed by atoms with Crippen molar-refractivity contribution >= 4 is 149 Å². The molecule has 23 heteroatoms. The van der Waals surface area contributed by atoms with Crippen molar-refractivity contribution in [2.45, 2.75) is 37.5 Å². The van der Waals surface area contributed by atoms with E-state index in [-0.39, 0.29) is 81.7 Å². The van der Waals surface area contributed by atoms with Crippen LogP contribution in [0.25, 0.3) is 21.5 Å². The molecule has 0 aliphatic heterocycles. The first-order valence-electron chi connectivity index (χ1n) is 22.1. The molecular weight excluding hydrogens is 1080 g/mol.